The number of hydrogen-bond donors (Lipinski definition) is 1. The molecule has 1 aliphatic rings. The van der Waals surface area contributed by atoms with E-state index in [9.17, 15) is 5.11 Å². The van der Waals surface area contributed by atoms with Crippen LogP contribution in [0.1, 0.15) is 24.8 Å². The molecule has 1 unspecified atom stereocenters. The van der Waals surface area contributed by atoms with E-state index in [0.717, 1.165) is 29.4 Å². The molecule has 0 saturated carbocycles. The van der Waals surface area contributed by atoms with Gasteiger partial charge in [-0.3, -0.25) is 0 Å². The van der Waals surface area contributed by atoms with Crippen LogP contribution >= 0.6 is 11.6 Å². The third-order valence-electron chi connectivity index (χ3n) is 3.88. The zero-order valence-electron chi connectivity index (χ0n) is 10.9. The van der Waals surface area contributed by atoms with Crippen molar-refractivity contribution in [3.8, 4) is 0 Å². The molecule has 4 heteroatoms. The second-order valence-corrected chi connectivity index (χ2v) is 5.54. The van der Waals surface area contributed by atoms with Crippen molar-refractivity contribution in [3.05, 3.63) is 35.1 Å². The van der Waals surface area contributed by atoms with Crippen molar-refractivity contribution in [1.29, 1.82) is 0 Å². The number of pyridine rings is 1. The van der Waals surface area contributed by atoms with Gasteiger partial charge >= 0.3 is 0 Å². The summed E-state index contributed by atoms with van der Waals surface area (Å²) in [4.78, 5) is 6.56. The summed E-state index contributed by atoms with van der Waals surface area (Å²) in [7, 11) is 0. The Morgan fingerprint density at radius 1 is 1.37 bits per heavy atom. The topological polar surface area (TPSA) is 36.4 Å². The maximum Gasteiger partial charge on any atom is 0.129 e. The van der Waals surface area contributed by atoms with E-state index in [-0.39, 0.29) is 12.5 Å². The first kappa shape index (κ1) is 12.7. The number of fused-ring (bicyclic) bond motifs is 1. The summed E-state index contributed by atoms with van der Waals surface area (Å²) in [6.45, 7) is 4.36. The molecule has 0 bridgehead atoms. The van der Waals surface area contributed by atoms with Crippen molar-refractivity contribution in [1.82, 2.24) is 4.98 Å². The van der Waals surface area contributed by atoms with Crippen molar-refractivity contribution in [2.24, 2.45) is 0 Å². The molecule has 19 heavy (non-hydrogen) atoms. The quantitative estimate of drug-likeness (QED) is 0.875. The predicted octanol–water partition coefficient (Wildman–Crippen LogP) is 3.19. The Balaban J connectivity index is 2.21. The molecule has 1 aromatic carbocycles. The Hall–Kier alpha value is -1.32. The van der Waals surface area contributed by atoms with Crippen LogP contribution in [0.25, 0.3) is 10.8 Å². The van der Waals surface area contributed by atoms with Gasteiger partial charge in [0, 0.05) is 42.9 Å². The maximum atomic E-state index is 9.39. The monoisotopic (exact) mass is 276 g/mol. The van der Waals surface area contributed by atoms with Gasteiger partial charge in [0.25, 0.3) is 0 Å². The molecule has 3 rings (SSSR count). The molecule has 100 valence electrons. The van der Waals surface area contributed by atoms with Crippen LogP contribution in [0.5, 0.6) is 0 Å². The molecule has 1 aromatic heterocycles. The summed E-state index contributed by atoms with van der Waals surface area (Å²) in [6.07, 6.45) is 3.09. The lowest BCUT2D eigenvalue weighted by molar-refractivity contribution is 0.273. The SMILES string of the molecule is CC(CO)c1ccc(N2CCC2)c2cnc(Cl)cc12. The summed E-state index contributed by atoms with van der Waals surface area (Å²) in [5, 5.41) is 12.1. The van der Waals surface area contributed by atoms with Crippen LogP contribution < -0.4 is 4.90 Å². The number of aliphatic hydroxyl groups is 1. The van der Waals surface area contributed by atoms with E-state index < -0.39 is 0 Å². The third kappa shape index (κ3) is 2.17. The molecule has 3 nitrogen and oxygen atoms in total. The molecule has 0 aliphatic carbocycles. The van der Waals surface area contributed by atoms with E-state index in [1.807, 2.05) is 19.2 Å². The second-order valence-electron chi connectivity index (χ2n) is 5.15. The number of nitrogens with zero attached hydrogens (tertiary/aromatic N) is 2. The first-order valence-corrected chi connectivity index (χ1v) is 7.02. The fourth-order valence-corrected chi connectivity index (χ4v) is 2.74. The smallest absolute Gasteiger partial charge is 0.129 e. The Morgan fingerprint density at radius 3 is 2.79 bits per heavy atom. The average molecular weight is 277 g/mol. The summed E-state index contributed by atoms with van der Waals surface area (Å²) >= 11 is 6.03. The first-order chi connectivity index (χ1) is 9.20. The number of benzene rings is 1. The number of rotatable bonds is 3. The first-order valence-electron chi connectivity index (χ1n) is 6.64. The van der Waals surface area contributed by atoms with Crippen molar-refractivity contribution in [2.75, 3.05) is 24.6 Å². The third-order valence-corrected chi connectivity index (χ3v) is 4.09. The zero-order valence-corrected chi connectivity index (χ0v) is 11.7. The van der Waals surface area contributed by atoms with Gasteiger partial charge in [-0.1, -0.05) is 24.6 Å². The average Bonchev–Trinajstić information content (AvgIpc) is 2.36. The Morgan fingerprint density at radius 2 is 2.16 bits per heavy atom. The van der Waals surface area contributed by atoms with Gasteiger partial charge < -0.3 is 10.0 Å². The van der Waals surface area contributed by atoms with E-state index in [1.54, 1.807) is 0 Å². The van der Waals surface area contributed by atoms with Crippen LogP contribution in [-0.4, -0.2) is 29.8 Å². The molecule has 1 aliphatic heterocycles. The van der Waals surface area contributed by atoms with Gasteiger partial charge in [-0.15, -0.1) is 0 Å². The van der Waals surface area contributed by atoms with E-state index >= 15 is 0 Å². The van der Waals surface area contributed by atoms with E-state index in [2.05, 4.69) is 22.0 Å². The highest BCUT2D eigenvalue weighted by molar-refractivity contribution is 6.30. The molecule has 1 atom stereocenters. The Labute approximate surface area is 117 Å². The number of halogens is 1. The van der Waals surface area contributed by atoms with Crippen molar-refractivity contribution in [2.45, 2.75) is 19.3 Å². The normalized spacial score (nSPS) is 16.5. The number of hydrogen-bond acceptors (Lipinski definition) is 3. The van der Waals surface area contributed by atoms with Gasteiger partial charge in [-0.05, 0) is 29.5 Å². The zero-order chi connectivity index (χ0) is 13.4. The summed E-state index contributed by atoms with van der Waals surface area (Å²) in [6, 6.07) is 6.15. The fourth-order valence-electron chi connectivity index (χ4n) is 2.58. The minimum atomic E-state index is 0.103. The van der Waals surface area contributed by atoms with Gasteiger partial charge in [-0.25, -0.2) is 4.98 Å². The molecule has 0 amide bonds. The summed E-state index contributed by atoms with van der Waals surface area (Å²) < 4.78 is 0. The number of aliphatic hydroxyl groups excluding tert-OH is 1. The largest absolute Gasteiger partial charge is 0.396 e. The minimum Gasteiger partial charge on any atom is -0.396 e. The fraction of sp³-hybridized carbons (Fsp3) is 0.400. The molecule has 0 spiro atoms. The Bertz CT molecular complexity index is 610. The van der Waals surface area contributed by atoms with Crippen LogP contribution in [0.2, 0.25) is 5.15 Å². The summed E-state index contributed by atoms with van der Waals surface area (Å²) in [5.74, 6) is 0.103. The lowest BCUT2D eigenvalue weighted by atomic mass is 9.94. The van der Waals surface area contributed by atoms with Gasteiger partial charge in [0.15, 0.2) is 0 Å². The van der Waals surface area contributed by atoms with Gasteiger partial charge in [0.05, 0.1) is 0 Å². The standard InChI is InChI=1S/C15H17ClN2O/c1-10(9-19)11-3-4-14(18-5-2-6-18)13-8-17-15(16)7-12(11)13/h3-4,7-8,10,19H,2,5-6,9H2,1H3. The van der Waals surface area contributed by atoms with E-state index in [0.29, 0.717) is 5.15 Å². The lowest BCUT2D eigenvalue weighted by Gasteiger charge is -2.34. The van der Waals surface area contributed by atoms with Crippen LogP contribution in [0.15, 0.2) is 24.4 Å². The highest BCUT2D eigenvalue weighted by atomic mass is 35.5. The minimum absolute atomic E-state index is 0.103. The van der Waals surface area contributed by atoms with Crippen LogP contribution in [0.4, 0.5) is 5.69 Å². The molecule has 0 radical (unpaired) electrons. The molecule has 1 fully saturated rings. The van der Waals surface area contributed by atoms with Gasteiger partial charge in [-0.2, -0.15) is 0 Å². The van der Waals surface area contributed by atoms with Crippen LogP contribution in [-0.2, 0) is 0 Å². The molecule has 1 N–H and O–H groups in total. The van der Waals surface area contributed by atoms with Gasteiger partial charge in [0.1, 0.15) is 5.15 Å². The molecule has 2 aromatic rings. The molecule has 1 saturated heterocycles. The van der Waals surface area contributed by atoms with Crippen molar-refractivity contribution >= 4 is 28.1 Å². The lowest BCUT2D eigenvalue weighted by Crippen LogP contribution is -2.37. The van der Waals surface area contributed by atoms with E-state index in [1.165, 1.54) is 12.1 Å². The Kier molecular flexibility index (Phi) is 3.33. The number of aromatic nitrogens is 1. The van der Waals surface area contributed by atoms with E-state index in [4.69, 9.17) is 11.6 Å². The van der Waals surface area contributed by atoms with Crippen LogP contribution in [0, 0.1) is 0 Å². The van der Waals surface area contributed by atoms with Crippen LogP contribution in [0.3, 0.4) is 0 Å². The molecular weight excluding hydrogens is 260 g/mol. The maximum absolute atomic E-state index is 9.39. The molecular formula is C15H17ClN2O. The van der Waals surface area contributed by atoms with Crippen molar-refractivity contribution < 1.29 is 5.11 Å². The van der Waals surface area contributed by atoms with Crippen molar-refractivity contribution in [3.63, 3.8) is 0 Å². The second kappa shape index (κ2) is 4.99. The number of anilines is 1. The highest BCUT2D eigenvalue weighted by Crippen LogP contribution is 2.35. The van der Waals surface area contributed by atoms with Gasteiger partial charge in [0.2, 0.25) is 0 Å². The summed E-state index contributed by atoms with van der Waals surface area (Å²) in [5.41, 5.74) is 2.35. The highest BCUT2D eigenvalue weighted by Gasteiger charge is 2.19. The molecule has 2 heterocycles. The predicted molar refractivity (Wildman–Crippen MR) is 79.1 cm³/mol.